The molecule has 0 bridgehead atoms. The third-order valence-electron chi connectivity index (χ3n) is 7.81. The Labute approximate surface area is 298 Å². The van der Waals surface area contributed by atoms with Crippen LogP contribution >= 0.6 is 0 Å². The third kappa shape index (κ3) is 9.42. The fraction of sp³-hybridized carbons (Fsp3) is 0.256. The summed E-state index contributed by atoms with van der Waals surface area (Å²) >= 11 is 0. The second-order valence-electron chi connectivity index (χ2n) is 11.6. The summed E-state index contributed by atoms with van der Waals surface area (Å²) in [7, 11) is 2.88. The summed E-state index contributed by atoms with van der Waals surface area (Å²) in [6.07, 6.45) is -5.16. The topological polar surface area (TPSA) is 128 Å². The van der Waals surface area contributed by atoms with Gasteiger partial charge in [-0.2, -0.15) is 13.2 Å². The van der Waals surface area contributed by atoms with E-state index in [-0.39, 0.29) is 54.1 Å². The fourth-order valence-electron chi connectivity index (χ4n) is 5.40. The lowest BCUT2D eigenvalue weighted by atomic mass is 9.94. The van der Waals surface area contributed by atoms with Gasteiger partial charge in [-0.05, 0) is 54.3 Å². The van der Waals surface area contributed by atoms with Crippen molar-refractivity contribution in [2.45, 2.75) is 39.0 Å². The van der Waals surface area contributed by atoms with E-state index in [1.807, 2.05) is 0 Å². The molecule has 0 radical (unpaired) electrons. The van der Waals surface area contributed by atoms with Crippen molar-refractivity contribution in [2.24, 2.45) is 0 Å². The van der Waals surface area contributed by atoms with Gasteiger partial charge in [0.2, 0.25) is 0 Å². The van der Waals surface area contributed by atoms with E-state index < -0.39 is 53.1 Å². The van der Waals surface area contributed by atoms with Gasteiger partial charge in [-0.25, -0.2) is 0 Å². The number of nitrogens with one attached hydrogen (secondary N) is 1. The number of ether oxygens (including phenoxy) is 3. The van der Waals surface area contributed by atoms with Crippen LogP contribution < -0.4 is 5.32 Å². The fourth-order valence-corrected chi connectivity index (χ4v) is 5.40. The van der Waals surface area contributed by atoms with Crippen LogP contribution in [0.25, 0.3) is 11.1 Å². The molecule has 0 saturated carbocycles. The lowest BCUT2D eigenvalue weighted by Gasteiger charge is -2.20. The van der Waals surface area contributed by atoms with Gasteiger partial charge in [0.1, 0.15) is 6.61 Å². The molecule has 4 aromatic rings. The quantitative estimate of drug-likeness (QED) is 0.0907. The molecule has 2 amide bonds. The first-order valence-corrected chi connectivity index (χ1v) is 16.2. The zero-order valence-corrected chi connectivity index (χ0v) is 28.9. The number of anilines is 1. The van der Waals surface area contributed by atoms with Gasteiger partial charge in [0.25, 0.3) is 11.8 Å². The Hall–Kier alpha value is -5.98. The Kier molecular flexibility index (Phi) is 12.9. The van der Waals surface area contributed by atoms with Crippen LogP contribution in [0.2, 0.25) is 0 Å². The van der Waals surface area contributed by atoms with E-state index in [4.69, 9.17) is 14.2 Å². The maximum atomic E-state index is 14.2. The number of nitrogens with zero attached hydrogens (tertiary/aromatic N) is 1. The van der Waals surface area contributed by atoms with Gasteiger partial charge in [0, 0.05) is 19.7 Å². The van der Waals surface area contributed by atoms with Crippen LogP contribution in [0.4, 0.5) is 18.9 Å². The first-order chi connectivity index (χ1) is 24.8. The van der Waals surface area contributed by atoms with Crippen molar-refractivity contribution < 1.29 is 51.4 Å². The molecule has 0 atom stereocenters. The number of para-hydroxylation sites is 1. The number of carbonyl (C=O) groups excluding carboxylic acids is 5. The molecule has 4 aromatic carbocycles. The summed E-state index contributed by atoms with van der Waals surface area (Å²) in [5.41, 5.74) is -0.495. The van der Waals surface area contributed by atoms with Gasteiger partial charge in [-0.15, -0.1) is 0 Å². The predicted molar refractivity (Wildman–Crippen MR) is 185 cm³/mol. The van der Waals surface area contributed by atoms with Gasteiger partial charge >= 0.3 is 24.1 Å². The summed E-state index contributed by atoms with van der Waals surface area (Å²) in [5, 5.41) is 2.39. The summed E-state index contributed by atoms with van der Waals surface area (Å²) in [5.74, 6) is -5.39. The Bertz CT molecular complexity index is 1930. The summed E-state index contributed by atoms with van der Waals surface area (Å²) < 4.78 is 58.1. The van der Waals surface area contributed by atoms with E-state index in [2.05, 4.69) is 5.32 Å². The van der Waals surface area contributed by atoms with E-state index in [0.717, 1.165) is 6.07 Å². The van der Waals surface area contributed by atoms with Crippen LogP contribution in [0, 0.1) is 0 Å². The first kappa shape index (κ1) is 38.8. The molecule has 0 saturated heterocycles. The lowest BCUT2D eigenvalue weighted by Crippen LogP contribution is -2.27. The number of halogens is 3. The van der Waals surface area contributed by atoms with Crippen LogP contribution in [-0.2, 0) is 47.8 Å². The largest absolute Gasteiger partial charge is 0.465 e. The molecule has 13 heteroatoms. The van der Waals surface area contributed by atoms with Gasteiger partial charge in [0.15, 0.2) is 5.92 Å². The van der Waals surface area contributed by atoms with Crippen LogP contribution in [0.15, 0.2) is 91.0 Å². The highest BCUT2D eigenvalue weighted by molar-refractivity contribution is 6.13. The SMILES string of the molecule is CCOC(=O)C(C(=O)OCC)c1ccccc1COC(=O)Cc1ccc(C(=O)Nc2c(-c3ccccc3)cccc2C(F)(F)F)c(C(=O)N(C)C)c1. The van der Waals surface area contributed by atoms with E-state index in [1.54, 1.807) is 62.4 Å². The molecule has 4 rings (SSSR count). The molecule has 272 valence electrons. The molecule has 0 spiro atoms. The number of benzene rings is 4. The number of alkyl halides is 3. The van der Waals surface area contributed by atoms with Gasteiger partial charge in [-0.3, -0.25) is 24.0 Å². The van der Waals surface area contributed by atoms with Crippen molar-refractivity contribution in [3.63, 3.8) is 0 Å². The molecule has 0 heterocycles. The highest BCUT2D eigenvalue weighted by Gasteiger charge is 2.36. The number of esters is 3. The molecule has 1 N–H and O–H groups in total. The minimum Gasteiger partial charge on any atom is -0.465 e. The zero-order chi connectivity index (χ0) is 38.0. The van der Waals surface area contributed by atoms with Crippen LogP contribution in [0.3, 0.4) is 0 Å². The summed E-state index contributed by atoms with van der Waals surface area (Å²) in [4.78, 5) is 66.6. The van der Waals surface area contributed by atoms with Gasteiger partial charge in [0.05, 0.1) is 42.0 Å². The highest BCUT2D eigenvalue weighted by Crippen LogP contribution is 2.40. The standard InChI is InChI=1S/C39H37F3N2O8/c1-5-50-37(48)33(38(49)51-6-2)27-16-11-10-15-26(27)23-52-32(45)22-24-19-20-29(30(21-24)36(47)44(3)4)35(46)43-34-28(25-13-8-7-9-14-25)17-12-18-31(34)39(40,41)42/h7-21,33H,5-6,22-23H2,1-4H3,(H,43,46). The monoisotopic (exact) mass is 718 g/mol. The minimum absolute atomic E-state index is 0.0280. The second kappa shape index (κ2) is 17.3. The van der Waals surface area contributed by atoms with Crippen molar-refractivity contribution in [1.29, 1.82) is 0 Å². The Morgan fingerprint density at radius 3 is 2.00 bits per heavy atom. The second-order valence-corrected chi connectivity index (χ2v) is 11.6. The summed E-state index contributed by atoms with van der Waals surface area (Å²) in [6.45, 7) is 2.93. The molecule has 0 aliphatic carbocycles. The Morgan fingerprint density at radius 1 is 0.750 bits per heavy atom. The smallest absolute Gasteiger partial charge is 0.418 e. The van der Waals surface area contributed by atoms with E-state index in [0.29, 0.717) is 11.1 Å². The number of rotatable bonds is 13. The number of hydrogen-bond donors (Lipinski definition) is 1. The highest BCUT2D eigenvalue weighted by atomic mass is 19.4. The lowest BCUT2D eigenvalue weighted by molar-refractivity contribution is -0.157. The van der Waals surface area contributed by atoms with Gasteiger partial charge < -0.3 is 24.4 Å². The normalized spacial score (nSPS) is 11.1. The molecule has 0 unspecified atom stereocenters. The van der Waals surface area contributed by atoms with Crippen molar-refractivity contribution >= 4 is 35.4 Å². The molecule has 52 heavy (non-hydrogen) atoms. The van der Waals surface area contributed by atoms with Crippen molar-refractivity contribution in [1.82, 2.24) is 4.90 Å². The Balaban J connectivity index is 1.60. The molecule has 0 fully saturated rings. The van der Waals surface area contributed by atoms with Crippen LogP contribution in [-0.4, -0.2) is 61.9 Å². The van der Waals surface area contributed by atoms with Crippen molar-refractivity contribution in [3.8, 4) is 11.1 Å². The number of carbonyl (C=O) groups is 5. The van der Waals surface area contributed by atoms with Crippen molar-refractivity contribution in [2.75, 3.05) is 32.6 Å². The van der Waals surface area contributed by atoms with E-state index in [1.165, 1.54) is 55.4 Å². The number of amides is 2. The molecule has 0 aromatic heterocycles. The third-order valence-corrected chi connectivity index (χ3v) is 7.81. The van der Waals surface area contributed by atoms with E-state index >= 15 is 0 Å². The first-order valence-electron chi connectivity index (χ1n) is 16.2. The predicted octanol–water partition coefficient (Wildman–Crippen LogP) is 6.82. The van der Waals surface area contributed by atoms with Crippen LogP contribution in [0.5, 0.6) is 0 Å². The molecular formula is C39H37F3N2O8. The molecule has 10 nitrogen and oxygen atoms in total. The van der Waals surface area contributed by atoms with Crippen LogP contribution in [0.1, 0.15) is 62.7 Å². The molecule has 0 aliphatic heterocycles. The average molecular weight is 719 g/mol. The van der Waals surface area contributed by atoms with E-state index in [9.17, 15) is 37.1 Å². The minimum atomic E-state index is -4.81. The Morgan fingerprint density at radius 2 is 1.38 bits per heavy atom. The maximum absolute atomic E-state index is 14.2. The molecule has 0 aliphatic rings. The zero-order valence-electron chi connectivity index (χ0n) is 28.9. The average Bonchev–Trinajstić information content (AvgIpc) is 3.11. The summed E-state index contributed by atoms with van der Waals surface area (Å²) in [6, 6.07) is 22.1. The van der Waals surface area contributed by atoms with Gasteiger partial charge in [-0.1, -0.05) is 72.8 Å². The number of hydrogen-bond acceptors (Lipinski definition) is 8. The van der Waals surface area contributed by atoms with Crippen molar-refractivity contribution in [3.05, 3.63) is 124 Å². The maximum Gasteiger partial charge on any atom is 0.418 e. The molecular weight excluding hydrogens is 681 g/mol.